The van der Waals surface area contributed by atoms with Crippen molar-refractivity contribution >= 4 is 10.8 Å². The van der Waals surface area contributed by atoms with E-state index in [4.69, 9.17) is 4.74 Å². The van der Waals surface area contributed by atoms with E-state index in [0.29, 0.717) is 23.7 Å². The Balaban J connectivity index is 2.43. The second kappa shape index (κ2) is 7.36. The molecule has 0 spiro atoms. The standard InChI is InChI=1S/C11H23NO2S/c1-3-12-10-6-4-5-7-11(10)15(13)9-8-14-2/h10-12H,3-9H2,1-2H3. The summed E-state index contributed by atoms with van der Waals surface area (Å²) in [5.41, 5.74) is 0. The molecule has 0 amide bonds. The first kappa shape index (κ1) is 13.1. The molecule has 0 bridgehead atoms. The van der Waals surface area contributed by atoms with E-state index in [1.165, 1.54) is 19.3 Å². The van der Waals surface area contributed by atoms with Crippen LogP contribution in [0.25, 0.3) is 0 Å². The maximum atomic E-state index is 12.0. The van der Waals surface area contributed by atoms with Gasteiger partial charge in [-0.3, -0.25) is 4.21 Å². The van der Waals surface area contributed by atoms with Gasteiger partial charge in [-0.1, -0.05) is 19.8 Å². The zero-order chi connectivity index (χ0) is 11.1. The third-order valence-electron chi connectivity index (χ3n) is 3.00. The van der Waals surface area contributed by atoms with Crippen molar-refractivity contribution in [2.24, 2.45) is 0 Å². The highest BCUT2D eigenvalue weighted by molar-refractivity contribution is 7.85. The van der Waals surface area contributed by atoms with Crippen molar-refractivity contribution in [3.8, 4) is 0 Å². The molecule has 0 heterocycles. The first-order valence-electron chi connectivity index (χ1n) is 5.89. The van der Waals surface area contributed by atoms with Crippen molar-refractivity contribution < 1.29 is 8.95 Å². The van der Waals surface area contributed by atoms with Gasteiger partial charge in [-0.15, -0.1) is 0 Å². The van der Waals surface area contributed by atoms with Gasteiger partial charge in [-0.25, -0.2) is 0 Å². The fourth-order valence-electron chi connectivity index (χ4n) is 2.22. The van der Waals surface area contributed by atoms with Crippen LogP contribution in [-0.4, -0.2) is 41.5 Å². The fourth-order valence-corrected chi connectivity index (χ4v) is 3.89. The molecule has 1 saturated carbocycles. The first-order valence-corrected chi connectivity index (χ1v) is 7.27. The highest BCUT2D eigenvalue weighted by atomic mass is 32.2. The van der Waals surface area contributed by atoms with Gasteiger partial charge >= 0.3 is 0 Å². The molecule has 4 heteroatoms. The van der Waals surface area contributed by atoms with Crippen LogP contribution in [0.3, 0.4) is 0 Å². The Morgan fingerprint density at radius 1 is 1.40 bits per heavy atom. The molecule has 0 aliphatic heterocycles. The van der Waals surface area contributed by atoms with Crippen molar-refractivity contribution in [1.82, 2.24) is 5.32 Å². The van der Waals surface area contributed by atoms with Crippen LogP contribution in [0.2, 0.25) is 0 Å². The Morgan fingerprint density at radius 3 is 2.80 bits per heavy atom. The van der Waals surface area contributed by atoms with Gasteiger partial charge in [0.25, 0.3) is 0 Å². The molecule has 1 rings (SSSR count). The summed E-state index contributed by atoms with van der Waals surface area (Å²) in [4.78, 5) is 0. The zero-order valence-electron chi connectivity index (χ0n) is 9.83. The predicted octanol–water partition coefficient (Wildman–Crippen LogP) is 1.30. The largest absolute Gasteiger partial charge is 0.384 e. The number of nitrogens with one attached hydrogen (secondary N) is 1. The predicted molar refractivity (Wildman–Crippen MR) is 64.6 cm³/mol. The lowest BCUT2D eigenvalue weighted by Crippen LogP contribution is -2.45. The van der Waals surface area contributed by atoms with Crippen molar-refractivity contribution in [2.45, 2.75) is 43.9 Å². The molecule has 3 nitrogen and oxygen atoms in total. The maximum Gasteiger partial charge on any atom is 0.0577 e. The van der Waals surface area contributed by atoms with E-state index in [2.05, 4.69) is 12.2 Å². The summed E-state index contributed by atoms with van der Waals surface area (Å²) in [6.45, 7) is 3.70. The van der Waals surface area contributed by atoms with Gasteiger partial charge in [0.2, 0.25) is 0 Å². The Labute approximate surface area is 95.4 Å². The van der Waals surface area contributed by atoms with Gasteiger partial charge in [-0.2, -0.15) is 0 Å². The van der Waals surface area contributed by atoms with Crippen LogP contribution in [0.1, 0.15) is 32.6 Å². The lowest BCUT2D eigenvalue weighted by molar-refractivity contribution is 0.217. The summed E-state index contributed by atoms with van der Waals surface area (Å²) in [6.07, 6.45) is 4.78. The van der Waals surface area contributed by atoms with Gasteiger partial charge in [0.15, 0.2) is 0 Å². The van der Waals surface area contributed by atoms with Crippen molar-refractivity contribution in [3.63, 3.8) is 0 Å². The molecule has 1 aliphatic carbocycles. The fraction of sp³-hybridized carbons (Fsp3) is 1.00. The zero-order valence-corrected chi connectivity index (χ0v) is 10.6. The minimum absolute atomic E-state index is 0.342. The number of hydrogen-bond acceptors (Lipinski definition) is 3. The summed E-state index contributed by atoms with van der Waals surface area (Å²) >= 11 is 0. The van der Waals surface area contributed by atoms with Crippen molar-refractivity contribution in [1.29, 1.82) is 0 Å². The highest BCUT2D eigenvalue weighted by Gasteiger charge is 2.28. The number of methoxy groups -OCH3 is 1. The lowest BCUT2D eigenvalue weighted by Gasteiger charge is -2.31. The highest BCUT2D eigenvalue weighted by Crippen LogP contribution is 2.23. The molecule has 90 valence electrons. The van der Waals surface area contributed by atoms with E-state index >= 15 is 0 Å². The van der Waals surface area contributed by atoms with E-state index in [-0.39, 0.29) is 0 Å². The molecule has 1 N–H and O–H groups in total. The molecule has 0 aromatic carbocycles. The van der Waals surface area contributed by atoms with Crippen molar-refractivity contribution in [2.75, 3.05) is 26.0 Å². The SMILES string of the molecule is CCNC1CCCCC1S(=O)CCOC. The Bertz CT molecular complexity index is 197. The van der Waals surface area contributed by atoms with Gasteiger partial charge in [0.1, 0.15) is 0 Å². The van der Waals surface area contributed by atoms with Crippen LogP contribution in [0.5, 0.6) is 0 Å². The lowest BCUT2D eigenvalue weighted by atomic mass is 9.95. The topological polar surface area (TPSA) is 38.3 Å². The molecule has 1 fully saturated rings. The molecule has 0 aromatic heterocycles. The van der Waals surface area contributed by atoms with Crippen LogP contribution in [-0.2, 0) is 15.5 Å². The number of hydrogen-bond donors (Lipinski definition) is 1. The van der Waals surface area contributed by atoms with Crippen LogP contribution >= 0.6 is 0 Å². The van der Waals surface area contributed by atoms with Gasteiger partial charge in [-0.05, 0) is 19.4 Å². The minimum atomic E-state index is -0.725. The average molecular weight is 233 g/mol. The third-order valence-corrected chi connectivity index (χ3v) is 4.80. The van der Waals surface area contributed by atoms with E-state index in [1.807, 2.05) is 0 Å². The molecule has 0 saturated heterocycles. The van der Waals surface area contributed by atoms with Crippen LogP contribution in [0.15, 0.2) is 0 Å². The Morgan fingerprint density at radius 2 is 2.13 bits per heavy atom. The summed E-state index contributed by atoms with van der Waals surface area (Å²) in [7, 11) is 0.941. The van der Waals surface area contributed by atoms with Gasteiger partial charge < -0.3 is 10.1 Å². The molecule has 1 aliphatic rings. The smallest absolute Gasteiger partial charge is 0.0577 e. The molecule has 3 unspecified atom stereocenters. The summed E-state index contributed by atoms with van der Waals surface area (Å²) in [5, 5.41) is 3.80. The van der Waals surface area contributed by atoms with Crippen molar-refractivity contribution in [3.05, 3.63) is 0 Å². The van der Waals surface area contributed by atoms with Crippen LogP contribution in [0, 0.1) is 0 Å². The minimum Gasteiger partial charge on any atom is -0.384 e. The Hall–Kier alpha value is 0.0700. The quantitative estimate of drug-likeness (QED) is 0.751. The Kier molecular flexibility index (Phi) is 6.45. The maximum absolute atomic E-state index is 12.0. The van der Waals surface area contributed by atoms with Gasteiger partial charge in [0, 0.05) is 29.7 Å². The molecule has 15 heavy (non-hydrogen) atoms. The van der Waals surface area contributed by atoms with Crippen LogP contribution in [0.4, 0.5) is 0 Å². The van der Waals surface area contributed by atoms with E-state index in [9.17, 15) is 4.21 Å². The normalized spacial score (nSPS) is 28.9. The third kappa shape index (κ3) is 4.21. The summed E-state index contributed by atoms with van der Waals surface area (Å²) in [6, 6.07) is 0.460. The monoisotopic (exact) mass is 233 g/mol. The van der Waals surface area contributed by atoms with E-state index in [0.717, 1.165) is 13.0 Å². The second-order valence-corrected chi connectivity index (χ2v) is 5.84. The number of rotatable bonds is 6. The van der Waals surface area contributed by atoms with Gasteiger partial charge in [0.05, 0.1) is 11.9 Å². The van der Waals surface area contributed by atoms with Crippen LogP contribution < -0.4 is 5.32 Å². The summed E-state index contributed by atoms with van der Waals surface area (Å²) in [5.74, 6) is 0.684. The van der Waals surface area contributed by atoms with E-state index < -0.39 is 10.8 Å². The first-order chi connectivity index (χ1) is 7.29. The molecular formula is C11H23NO2S. The van der Waals surface area contributed by atoms with E-state index in [1.54, 1.807) is 7.11 Å². The average Bonchev–Trinajstić information content (AvgIpc) is 2.27. The summed E-state index contributed by atoms with van der Waals surface area (Å²) < 4.78 is 17.0. The number of ether oxygens (including phenoxy) is 1. The molecular weight excluding hydrogens is 210 g/mol. The second-order valence-electron chi connectivity index (χ2n) is 4.06. The molecule has 0 radical (unpaired) electrons. The molecule has 3 atom stereocenters. The molecule has 0 aromatic rings.